The summed E-state index contributed by atoms with van der Waals surface area (Å²) in [5.74, 6) is 0.849. The van der Waals surface area contributed by atoms with Gasteiger partial charge in [-0.05, 0) is 30.2 Å². The number of hydrogen-bond acceptors (Lipinski definition) is 3. The largest absolute Gasteiger partial charge is 0.493 e. The highest BCUT2D eigenvalue weighted by atomic mass is 16.6. The number of ether oxygens (including phenoxy) is 1. The number of rotatable bonds is 5. The van der Waals surface area contributed by atoms with Crippen molar-refractivity contribution in [3.05, 3.63) is 69.8 Å². The molecule has 2 aromatic rings. The molecule has 0 atom stereocenters. The van der Waals surface area contributed by atoms with Crippen LogP contribution in [0.5, 0.6) is 5.75 Å². The summed E-state index contributed by atoms with van der Waals surface area (Å²) in [7, 11) is 0. The van der Waals surface area contributed by atoms with Crippen LogP contribution in [-0.2, 0) is 6.42 Å². The molecule has 0 unspecified atom stereocenters. The summed E-state index contributed by atoms with van der Waals surface area (Å²) in [6, 6.07) is 14.4. The van der Waals surface area contributed by atoms with E-state index in [1.165, 1.54) is 12.1 Å². The lowest BCUT2D eigenvalue weighted by atomic mass is 10.1. The van der Waals surface area contributed by atoms with E-state index >= 15 is 0 Å². The van der Waals surface area contributed by atoms with Gasteiger partial charge in [0.15, 0.2) is 0 Å². The standard InChI is InChI=1S/C15H15NO3/c1-12-3-2-4-15(11-12)19-10-9-13-5-7-14(8-6-13)16(17)18/h2-8,11H,9-10H2,1H3. The minimum Gasteiger partial charge on any atom is -0.493 e. The van der Waals surface area contributed by atoms with Crippen LogP contribution in [0.25, 0.3) is 0 Å². The second-order valence-corrected chi connectivity index (χ2v) is 4.34. The third kappa shape index (κ3) is 3.81. The van der Waals surface area contributed by atoms with Crippen molar-refractivity contribution >= 4 is 5.69 Å². The molecule has 0 N–H and O–H groups in total. The van der Waals surface area contributed by atoms with E-state index in [9.17, 15) is 10.1 Å². The van der Waals surface area contributed by atoms with Crippen LogP contribution < -0.4 is 4.74 Å². The van der Waals surface area contributed by atoms with Crippen LogP contribution in [0.3, 0.4) is 0 Å². The second kappa shape index (κ2) is 6.00. The van der Waals surface area contributed by atoms with Gasteiger partial charge in [0.2, 0.25) is 0 Å². The molecule has 0 aliphatic rings. The molecular formula is C15H15NO3. The lowest BCUT2D eigenvalue weighted by Gasteiger charge is -2.06. The smallest absolute Gasteiger partial charge is 0.269 e. The Labute approximate surface area is 111 Å². The maximum Gasteiger partial charge on any atom is 0.269 e. The predicted molar refractivity (Wildman–Crippen MR) is 73.5 cm³/mol. The Bertz CT molecular complexity index is 564. The zero-order valence-corrected chi connectivity index (χ0v) is 10.7. The molecule has 4 heteroatoms. The van der Waals surface area contributed by atoms with Crippen molar-refractivity contribution in [3.8, 4) is 5.75 Å². The van der Waals surface area contributed by atoms with E-state index in [1.54, 1.807) is 12.1 Å². The number of nitrogens with zero attached hydrogens (tertiary/aromatic N) is 1. The zero-order valence-electron chi connectivity index (χ0n) is 10.7. The molecule has 0 radical (unpaired) electrons. The minimum absolute atomic E-state index is 0.114. The maximum absolute atomic E-state index is 10.5. The van der Waals surface area contributed by atoms with Crippen LogP contribution in [0.4, 0.5) is 5.69 Å². The number of hydrogen-bond donors (Lipinski definition) is 0. The molecule has 2 aromatic carbocycles. The number of aryl methyl sites for hydroxylation is 1. The fourth-order valence-electron chi connectivity index (χ4n) is 1.78. The van der Waals surface area contributed by atoms with E-state index in [-0.39, 0.29) is 5.69 Å². The van der Waals surface area contributed by atoms with E-state index < -0.39 is 4.92 Å². The van der Waals surface area contributed by atoms with E-state index in [2.05, 4.69) is 0 Å². The van der Waals surface area contributed by atoms with Gasteiger partial charge in [-0.3, -0.25) is 10.1 Å². The molecule has 0 fully saturated rings. The Kier molecular flexibility index (Phi) is 4.13. The summed E-state index contributed by atoms with van der Waals surface area (Å²) in [6.07, 6.45) is 0.728. The van der Waals surface area contributed by atoms with E-state index in [4.69, 9.17) is 4.74 Å². The average molecular weight is 257 g/mol. The first kappa shape index (κ1) is 13.1. The van der Waals surface area contributed by atoms with Crippen molar-refractivity contribution in [3.63, 3.8) is 0 Å². The molecule has 0 bridgehead atoms. The van der Waals surface area contributed by atoms with Gasteiger partial charge in [-0.1, -0.05) is 24.3 Å². The summed E-state index contributed by atoms with van der Waals surface area (Å²) in [5, 5.41) is 10.5. The van der Waals surface area contributed by atoms with Crippen molar-refractivity contribution in [1.29, 1.82) is 0 Å². The van der Waals surface area contributed by atoms with Gasteiger partial charge in [-0.25, -0.2) is 0 Å². The van der Waals surface area contributed by atoms with Crippen LogP contribution in [0.15, 0.2) is 48.5 Å². The molecule has 0 heterocycles. The highest BCUT2D eigenvalue weighted by Crippen LogP contribution is 2.14. The van der Waals surface area contributed by atoms with E-state index in [1.807, 2.05) is 31.2 Å². The first-order chi connectivity index (χ1) is 9.15. The van der Waals surface area contributed by atoms with Crippen molar-refractivity contribution in [2.45, 2.75) is 13.3 Å². The lowest BCUT2D eigenvalue weighted by Crippen LogP contribution is -2.01. The lowest BCUT2D eigenvalue weighted by molar-refractivity contribution is -0.384. The highest BCUT2D eigenvalue weighted by molar-refractivity contribution is 5.33. The van der Waals surface area contributed by atoms with Gasteiger partial charge >= 0.3 is 0 Å². The molecule has 0 amide bonds. The summed E-state index contributed by atoms with van der Waals surface area (Å²) in [6.45, 7) is 2.57. The Morgan fingerprint density at radius 3 is 2.53 bits per heavy atom. The highest BCUT2D eigenvalue weighted by Gasteiger charge is 2.03. The SMILES string of the molecule is Cc1cccc(OCCc2ccc([N+](=O)[O-])cc2)c1. The average Bonchev–Trinajstić information content (AvgIpc) is 2.39. The van der Waals surface area contributed by atoms with Gasteiger partial charge in [-0.15, -0.1) is 0 Å². The predicted octanol–water partition coefficient (Wildman–Crippen LogP) is 3.52. The number of nitro benzene ring substituents is 1. The van der Waals surface area contributed by atoms with Crippen molar-refractivity contribution in [1.82, 2.24) is 0 Å². The summed E-state index contributed by atoms with van der Waals surface area (Å²) in [4.78, 5) is 10.1. The molecule has 0 aliphatic heterocycles. The van der Waals surface area contributed by atoms with Crippen LogP contribution >= 0.6 is 0 Å². The van der Waals surface area contributed by atoms with Gasteiger partial charge in [-0.2, -0.15) is 0 Å². The van der Waals surface area contributed by atoms with Gasteiger partial charge in [0, 0.05) is 18.6 Å². The van der Waals surface area contributed by atoms with Crippen molar-refractivity contribution in [2.75, 3.05) is 6.61 Å². The molecule has 0 aromatic heterocycles. The van der Waals surface area contributed by atoms with Crippen LogP contribution in [0, 0.1) is 17.0 Å². The second-order valence-electron chi connectivity index (χ2n) is 4.34. The summed E-state index contributed by atoms with van der Waals surface area (Å²) < 4.78 is 5.63. The fraction of sp³-hybridized carbons (Fsp3) is 0.200. The minimum atomic E-state index is -0.396. The van der Waals surface area contributed by atoms with Crippen LogP contribution in [0.2, 0.25) is 0 Å². The molecule has 2 rings (SSSR count). The Morgan fingerprint density at radius 2 is 1.89 bits per heavy atom. The molecule has 4 nitrogen and oxygen atoms in total. The van der Waals surface area contributed by atoms with Gasteiger partial charge < -0.3 is 4.74 Å². The summed E-state index contributed by atoms with van der Waals surface area (Å²) >= 11 is 0. The van der Waals surface area contributed by atoms with Gasteiger partial charge in [0.25, 0.3) is 5.69 Å². The molecule has 0 saturated heterocycles. The first-order valence-electron chi connectivity index (χ1n) is 6.08. The molecule has 0 saturated carbocycles. The molecular weight excluding hydrogens is 242 g/mol. The van der Waals surface area contributed by atoms with Crippen LogP contribution in [0.1, 0.15) is 11.1 Å². The number of non-ortho nitro benzene ring substituents is 1. The Balaban J connectivity index is 1.87. The first-order valence-corrected chi connectivity index (χ1v) is 6.08. The van der Waals surface area contributed by atoms with Crippen LogP contribution in [-0.4, -0.2) is 11.5 Å². The molecule has 0 aliphatic carbocycles. The molecule has 98 valence electrons. The quantitative estimate of drug-likeness (QED) is 0.608. The number of nitro groups is 1. The van der Waals surface area contributed by atoms with Crippen molar-refractivity contribution < 1.29 is 9.66 Å². The molecule has 19 heavy (non-hydrogen) atoms. The zero-order chi connectivity index (χ0) is 13.7. The Morgan fingerprint density at radius 1 is 1.16 bits per heavy atom. The van der Waals surface area contributed by atoms with E-state index in [0.717, 1.165) is 23.3 Å². The molecule has 0 spiro atoms. The van der Waals surface area contributed by atoms with E-state index in [0.29, 0.717) is 6.61 Å². The maximum atomic E-state index is 10.5. The van der Waals surface area contributed by atoms with Gasteiger partial charge in [0.1, 0.15) is 5.75 Å². The summed E-state index contributed by atoms with van der Waals surface area (Å²) in [5.41, 5.74) is 2.30. The Hall–Kier alpha value is -2.36. The monoisotopic (exact) mass is 257 g/mol. The third-order valence-corrected chi connectivity index (χ3v) is 2.80. The topological polar surface area (TPSA) is 52.4 Å². The van der Waals surface area contributed by atoms with Gasteiger partial charge in [0.05, 0.1) is 11.5 Å². The van der Waals surface area contributed by atoms with Crippen molar-refractivity contribution in [2.24, 2.45) is 0 Å². The number of benzene rings is 2. The third-order valence-electron chi connectivity index (χ3n) is 2.80. The fourth-order valence-corrected chi connectivity index (χ4v) is 1.78. The normalized spacial score (nSPS) is 10.2.